The van der Waals surface area contributed by atoms with E-state index in [0.717, 1.165) is 16.6 Å². The molecule has 1 heterocycles. The molecule has 1 N–H and O–H groups in total. The second-order valence-electron chi connectivity index (χ2n) is 4.12. The molecule has 5 nitrogen and oxygen atoms in total. The summed E-state index contributed by atoms with van der Waals surface area (Å²) >= 11 is 0. The van der Waals surface area contributed by atoms with E-state index in [-0.39, 0.29) is 6.17 Å². The van der Waals surface area contributed by atoms with Gasteiger partial charge in [-0.25, -0.2) is 4.68 Å². The summed E-state index contributed by atoms with van der Waals surface area (Å²) in [6, 6.07) is 17.3. The second-order valence-corrected chi connectivity index (χ2v) is 4.12. The van der Waals surface area contributed by atoms with Gasteiger partial charge < -0.3 is 5.32 Å². The molecule has 1 amide bonds. The van der Waals surface area contributed by atoms with Gasteiger partial charge in [-0.3, -0.25) is 4.79 Å². The van der Waals surface area contributed by atoms with Crippen molar-refractivity contribution in [1.29, 1.82) is 0 Å². The van der Waals surface area contributed by atoms with Crippen molar-refractivity contribution in [3.8, 4) is 0 Å². The molecule has 5 heteroatoms. The van der Waals surface area contributed by atoms with E-state index >= 15 is 0 Å². The quantitative estimate of drug-likeness (QED) is 0.719. The number of rotatable bonds is 4. The van der Waals surface area contributed by atoms with Crippen LogP contribution in [0.25, 0.3) is 11.0 Å². The molecule has 0 unspecified atom stereocenters. The lowest BCUT2D eigenvalue weighted by atomic mass is 10.1. The van der Waals surface area contributed by atoms with E-state index in [4.69, 9.17) is 0 Å². The maximum absolute atomic E-state index is 10.8. The molecule has 0 saturated carbocycles. The first-order valence-electron chi connectivity index (χ1n) is 5.95. The molecular weight excluding hydrogens is 240 g/mol. The summed E-state index contributed by atoms with van der Waals surface area (Å²) in [6.07, 6.45) is 0.319. The molecule has 3 rings (SSSR count). The molecule has 0 radical (unpaired) electrons. The fourth-order valence-electron chi connectivity index (χ4n) is 2.09. The second kappa shape index (κ2) is 4.89. The minimum absolute atomic E-state index is 0.355. The van der Waals surface area contributed by atoms with Crippen LogP contribution in [0.2, 0.25) is 0 Å². The summed E-state index contributed by atoms with van der Waals surface area (Å²) in [7, 11) is 0. The number of benzene rings is 2. The Labute approximate surface area is 109 Å². The van der Waals surface area contributed by atoms with Gasteiger partial charge >= 0.3 is 0 Å². The van der Waals surface area contributed by atoms with Crippen LogP contribution in [0.15, 0.2) is 54.6 Å². The Kier molecular flexibility index (Phi) is 2.94. The van der Waals surface area contributed by atoms with Gasteiger partial charge in [0.1, 0.15) is 5.52 Å². The summed E-state index contributed by atoms with van der Waals surface area (Å²) in [4.78, 5) is 10.8. The Balaban J connectivity index is 2.12. The van der Waals surface area contributed by atoms with E-state index in [1.165, 1.54) is 0 Å². The van der Waals surface area contributed by atoms with Crippen LogP contribution in [0.3, 0.4) is 0 Å². The van der Waals surface area contributed by atoms with Crippen LogP contribution >= 0.6 is 0 Å². The minimum atomic E-state index is -0.355. The van der Waals surface area contributed by atoms with Gasteiger partial charge in [0.05, 0.1) is 5.52 Å². The van der Waals surface area contributed by atoms with Crippen molar-refractivity contribution in [2.75, 3.05) is 0 Å². The number of para-hydroxylation sites is 1. The maximum atomic E-state index is 10.8. The van der Waals surface area contributed by atoms with Crippen molar-refractivity contribution in [2.24, 2.45) is 0 Å². The number of nitrogens with one attached hydrogen (secondary N) is 1. The van der Waals surface area contributed by atoms with Crippen molar-refractivity contribution in [3.63, 3.8) is 0 Å². The number of hydrogen-bond acceptors (Lipinski definition) is 3. The number of aromatic nitrogens is 3. The van der Waals surface area contributed by atoms with Crippen LogP contribution in [0.5, 0.6) is 0 Å². The molecule has 1 atom stereocenters. The molecule has 3 aromatic rings. The van der Waals surface area contributed by atoms with Crippen molar-refractivity contribution in [3.05, 3.63) is 60.2 Å². The van der Waals surface area contributed by atoms with Crippen LogP contribution in [-0.4, -0.2) is 21.4 Å². The largest absolute Gasteiger partial charge is 0.333 e. The summed E-state index contributed by atoms with van der Waals surface area (Å²) in [5.74, 6) is 0. The van der Waals surface area contributed by atoms with Gasteiger partial charge in [-0.05, 0) is 17.7 Å². The monoisotopic (exact) mass is 252 g/mol. The zero-order valence-electron chi connectivity index (χ0n) is 10.1. The molecule has 0 aliphatic carbocycles. The first kappa shape index (κ1) is 11.4. The third-order valence-corrected chi connectivity index (χ3v) is 2.96. The van der Waals surface area contributed by atoms with Crippen molar-refractivity contribution >= 4 is 17.4 Å². The maximum Gasteiger partial charge on any atom is 0.209 e. The molecule has 0 saturated heterocycles. The van der Waals surface area contributed by atoms with Crippen molar-refractivity contribution < 1.29 is 4.79 Å². The zero-order valence-corrected chi connectivity index (χ0v) is 10.1. The van der Waals surface area contributed by atoms with Crippen LogP contribution < -0.4 is 5.32 Å². The number of nitrogens with zero attached hydrogens (tertiary/aromatic N) is 3. The molecule has 0 fully saturated rings. The third-order valence-electron chi connectivity index (χ3n) is 2.96. The summed E-state index contributed by atoms with van der Waals surface area (Å²) < 4.78 is 1.71. The van der Waals surface area contributed by atoms with E-state index in [9.17, 15) is 4.79 Å². The number of fused-ring (bicyclic) bond motifs is 1. The SMILES string of the molecule is O=CN[C@H](c1ccccc1)n1nnc2ccccc21. The van der Waals surface area contributed by atoms with Crippen LogP contribution in [0, 0.1) is 0 Å². The van der Waals surface area contributed by atoms with E-state index in [1.54, 1.807) is 4.68 Å². The minimum Gasteiger partial charge on any atom is -0.333 e. The highest BCUT2D eigenvalue weighted by molar-refractivity contribution is 5.74. The highest BCUT2D eigenvalue weighted by atomic mass is 16.1. The Morgan fingerprint density at radius 2 is 1.79 bits per heavy atom. The van der Waals surface area contributed by atoms with Gasteiger partial charge in [-0.15, -0.1) is 5.10 Å². The molecular formula is C14H12N4O. The van der Waals surface area contributed by atoms with Gasteiger partial charge in [0, 0.05) is 0 Å². The third kappa shape index (κ3) is 2.06. The normalized spacial score (nSPS) is 12.2. The zero-order chi connectivity index (χ0) is 13.1. The van der Waals surface area contributed by atoms with Crippen molar-refractivity contribution in [1.82, 2.24) is 20.3 Å². The summed E-state index contributed by atoms with van der Waals surface area (Å²) in [5.41, 5.74) is 2.63. The average molecular weight is 252 g/mol. The van der Waals surface area contributed by atoms with E-state index in [2.05, 4.69) is 15.6 Å². The smallest absolute Gasteiger partial charge is 0.209 e. The molecule has 0 aliphatic rings. The lowest BCUT2D eigenvalue weighted by Crippen LogP contribution is -2.27. The highest BCUT2D eigenvalue weighted by Gasteiger charge is 2.16. The number of carbonyl (C=O) groups excluding carboxylic acids is 1. The van der Waals surface area contributed by atoms with Gasteiger partial charge in [0.15, 0.2) is 6.17 Å². The topological polar surface area (TPSA) is 59.8 Å². The standard InChI is InChI=1S/C14H12N4O/c19-10-15-14(11-6-2-1-3-7-11)18-13-9-5-4-8-12(13)16-17-18/h1-10,14H,(H,15,19)/t14-/m0/s1. The lowest BCUT2D eigenvalue weighted by Gasteiger charge is -2.17. The van der Waals surface area contributed by atoms with Crippen LogP contribution in [0.4, 0.5) is 0 Å². The Bertz CT molecular complexity index is 693. The van der Waals surface area contributed by atoms with Gasteiger partial charge in [0.2, 0.25) is 6.41 Å². The Hall–Kier alpha value is -2.69. The van der Waals surface area contributed by atoms with Crippen LogP contribution in [0.1, 0.15) is 11.7 Å². The number of hydrogen-bond donors (Lipinski definition) is 1. The molecule has 94 valence electrons. The van der Waals surface area contributed by atoms with Gasteiger partial charge in [0.25, 0.3) is 0 Å². The lowest BCUT2D eigenvalue weighted by molar-refractivity contribution is -0.110. The Morgan fingerprint density at radius 1 is 1.05 bits per heavy atom. The summed E-state index contributed by atoms with van der Waals surface area (Å²) in [6.45, 7) is 0. The van der Waals surface area contributed by atoms with Crippen molar-refractivity contribution in [2.45, 2.75) is 6.17 Å². The van der Waals surface area contributed by atoms with Crippen LogP contribution in [-0.2, 0) is 4.79 Å². The number of amides is 1. The average Bonchev–Trinajstić information content (AvgIpc) is 2.89. The predicted molar refractivity (Wildman–Crippen MR) is 71.3 cm³/mol. The fraction of sp³-hybridized carbons (Fsp3) is 0.0714. The van der Waals surface area contributed by atoms with Gasteiger partial charge in [-0.2, -0.15) is 0 Å². The molecule has 0 aliphatic heterocycles. The molecule has 0 spiro atoms. The highest BCUT2D eigenvalue weighted by Crippen LogP contribution is 2.19. The van der Waals surface area contributed by atoms with Gasteiger partial charge in [-0.1, -0.05) is 47.7 Å². The number of carbonyl (C=O) groups is 1. The van der Waals surface area contributed by atoms with E-state index in [0.29, 0.717) is 6.41 Å². The molecule has 19 heavy (non-hydrogen) atoms. The Morgan fingerprint density at radius 3 is 2.58 bits per heavy atom. The first-order valence-corrected chi connectivity index (χ1v) is 5.95. The summed E-state index contributed by atoms with van der Waals surface area (Å²) in [5, 5.41) is 11.0. The predicted octanol–water partition coefficient (Wildman–Crippen LogP) is 1.72. The van der Waals surface area contributed by atoms with E-state index < -0.39 is 0 Å². The molecule has 2 aromatic carbocycles. The van der Waals surface area contributed by atoms with E-state index in [1.807, 2.05) is 54.6 Å². The molecule has 0 bridgehead atoms. The first-order chi connectivity index (χ1) is 9.40. The molecule has 1 aromatic heterocycles. The fourth-order valence-corrected chi connectivity index (χ4v) is 2.09.